The second-order valence-electron chi connectivity index (χ2n) is 5.93. The van der Waals surface area contributed by atoms with Crippen LogP contribution in [-0.4, -0.2) is 9.97 Å². The first-order chi connectivity index (χ1) is 9.79. The Hall–Kier alpha value is -1.13. The number of nitrogens with one attached hydrogen (secondary N) is 1. The van der Waals surface area contributed by atoms with Gasteiger partial charge in [0.05, 0.1) is 0 Å². The smallest absolute Gasteiger partial charge is 0.137 e. The first-order valence-corrected chi connectivity index (χ1v) is 8.07. The molecule has 0 aliphatic carbocycles. The topological polar surface area (TPSA) is 37.8 Å². The molecule has 1 aromatic heterocycles. The third kappa shape index (κ3) is 4.17. The minimum atomic E-state index is -0.144. The maximum Gasteiger partial charge on any atom is 0.137 e. The highest BCUT2D eigenvalue weighted by molar-refractivity contribution is 9.10. The molecule has 1 heterocycles. The number of rotatable bonds is 3. The van der Waals surface area contributed by atoms with Crippen LogP contribution in [0.5, 0.6) is 0 Å². The SMILES string of the molecule is CCc1cc(Br)ccc1Nc1cc(Cl)nc(C(C)(C)C)n1. The van der Waals surface area contributed by atoms with Crippen molar-refractivity contribution in [2.45, 2.75) is 39.5 Å². The van der Waals surface area contributed by atoms with Gasteiger partial charge < -0.3 is 5.32 Å². The van der Waals surface area contributed by atoms with Gasteiger partial charge >= 0.3 is 0 Å². The number of benzene rings is 1. The highest BCUT2D eigenvalue weighted by Gasteiger charge is 2.19. The van der Waals surface area contributed by atoms with Crippen molar-refractivity contribution in [3.8, 4) is 0 Å². The molecule has 0 aliphatic rings. The lowest BCUT2D eigenvalue weighted by Gasteiger charge is -2.18. The molecule has 112 valence electrons. The van der Waals surface area contributed by atoms with E-state index in [1.165, 1.54) is 5.56 Å². The molecule has 0 spiro atoms. The molecule has 5 heteroatoms. The van der Waals surface area contributed by atoms with Crippen molar-refractivity contribution in [3.63, 3.8) is 0 Å². The number of aryl methyl sites for hydroxylation is 1. The summed E-state index contributed by atoms with van der Waals surface area (Å²) in [6.45, 7) is 8.33. The van der Waals surface area contributed by atoms with Gasteiger partial charge in [-0.1, -0.05) is 55.2 Å². The molecule has 0 radical (unpaired) electrons. The Kier molecular flexibility index (Phi) is 4.89. The van der Waals surface area contributed by atoms with E-state index in [9.17, 15) is 0 Å². The average Bonchev–Trinajstić information content (AvgIpc) is 2.39. The molecule has 3 nitrogen and oxygen atoms in total. The van der Waals surface area contributed by atoms with Crippen LogP contribution in [0.3, 0.4) is 0 Å². The predicted molar refractivity (Wildman–Crippen MR) is 92.5 cm³/mol. The van der Waals surface area contributed by atoms with Crippen LogP contribution >= 0.6 is 27.5 Å². The molecular formula is C16H19BrClN3. The normalized spacial score (nSPS) is 11.5. The Balaban J connectivity index is 2.38. The summed E-state index contributed by atoms with van der Waals surface area (Å²) in [7, 11) is 0. The standard InChI is InChI=1S/C16H19BrClN3/c1-5-10-8-11(17)6-7-12(10)19-14-9-13(18)20-15(21-14)16(2,3)4/h6-9H,5H2,1-4H3,(H,19,20,21). The minimum Gasteiger partial charge on any atom is -0.340 e. The minimum absolute atomic E-state index is 0.144. The Bertz CT molecular complexity index is 650. The van der Waals surface area contributed by atoms with Crippen LogP contribution in [0.4, 0.5) is 11.5 Å². The zero-order valence-electron chi connectivity index (χ0n) is 12.7. The van der Waals surface area contributed by atoms with E-state index >= 15 is 0 Å². The number of anilines is 2. The van der Waals surface area contributed by atoms with Gasteiger partial charge in [-0.05, 0) is 30.2 Å². The van der Waals surface area contributed by atoms with Crippen LogP contribution in [0.2, 0.25) is 5.15 Å². The van der Waals surface area contributed by atoms with E-state index in [2.05, 4.69) is 65.0 Å². The van der Waals surface area contributed by atoms with Crippen molar-refractivity contribution in [1.82, 2.24) is 9.97 Å². The van der Waals surface area contributed by atoms with Gasteiger partial charge in [-0.25, -0.2) is 9.97 Å². The number of hydrogen-bond acceptors (Lipinski definition) is 3. The number of halogens is 2. The molecule has 1 aromatic carbocycles. The Morgan fingerprint density at radius 3 is 2.52 bits per heavy atom. The van der Waals surface area contributed by atoms with Crippen molar-refractivity contribution in [2.24, 2.45) is 0 Å². The molecule has 1 N–H and O–H groups in total. The zero-order chi connectivity index (χ0) is 15.6. The highest BCUT2D eigenvalue weighted by atomic mass is 79.9. The van der Waals surface area contributed by atoms with Crippen LogP contribution in [0.15, 0.2) is 28.7 Å². The van der Waals surface area contributed by atoms with Crippen molar-refractivity contribution in [3.05, 3.63) is 45.3 Å². The largest absolute Gasteiger partial charge is 0.340 e. The molecule has 0 atom stereocenters. The third-order valence-electron chi connectivity index (χ3n) is 3.08. The van der Waals surface area contributed by atoms with E-state index < -0.39 is 0 Å². The summed E-state index contributed by atoms with van der Waals surface area (Å²) >= 11 is 9.62. The fourth-order valence-electron chi connectivity index (χ4n) is 1.93. The summed E-state index contributed by atoms with van der Waals surface area (Å²) < 4.78 is 1.07. The molecule has 2 aromatic rings. The molecule has 0 aliphatic heterocycles. The molecule has 21 heavy (non-hydrogen) atoms. The first-order valence-electron chi connectivity index (χ1n) is 6.90. The van der Waals surface area contributed by atoms with Crippen LogP contribution in [0, 0.1) is 0 Å². The van der Waals surface area contributed by atoms with Crippen molar-refractivity contribution in [2.75, 3.05) is 5.32 Å². The van der Waals surface area contributed by atoms with E-state index in [4.69, 9.17) is 11.6 Å². The summed E-state index contributed by atoms with van der Waals surface area (Å²) in [4.78, 5) is 8.89. The van der Waals surface area contributed by atoms with Crippen molar-refractivity contribution >= 4 is 39.0 Å². The van der Waals surface area contributed by atoms with E-state index in [-0.39, 0.29) is 5.41 Å². The Morgan fingerprint density at radius 2 is 1.90 bits per heavy atom. The Morgan fingerprint density at radius 1 is 1.19 bits per heavy atom. The van der Waals surface area contributed by atoms with Crippen molar-refractivity contribution < 1.29 is 0 Å². The van der Waals surface area contributed by atoms with Gasteiger partial charge in [-0.15, -0.1) is 0 Å². The quantitative estimate of drug-likeness (QED) is 0.727. The van der Waals surface area contributed by atoms with Gasteiger partial charge in [0.25, 0.3) is 0 Å². The lowest BCUT2D eigenvalue weighted by Crippen LogP contribution is -2.17. The summed E-state index contributed by atoms with van der Waals surface area (Å²) in [6, 6.07) is 7.90. The van der Waals surface area contributed by atoms with Crippen LogP contribution in [0.1, 0.15) is 39.1 Å². The molecular weight excluding hydrogens is 350 g/mol. The van der Waals surface area contributed by atoms with E-state index in [0.29, 0.717) is 5.15 Å². The lowest BCUT2D eigenvalue weighted by molar-refractivity contribution is 0.546. The number of aromatic nitrogens is 2. The van der Waals surface area contributed by atoms with E-state index in [1.807, 2.05) is 12.1 Å². The maximum absolute atomic E-state index is 6.12. The molecule has 0 saturated heterocycles. The summed E-state index contributed by atoms with van der Waals surface area (Å²) in [5, 5.41) is 3.80. The summed E-state index contributed by atoms with van der Waals surface area (Å²) in [6.07, 6.45) is 0.937. The van der Waals surface area contributed by atoms with E-state index in [0.717, 1.165) is 28.2 Å². The van der Waals surface area contributed by atoms with Crippen LogP contribution in [-0.2, 0) is 11.8 Å². The molecule has 2 rings (SSSR count). The highest BCUT2D eigenvalue weighted by Crippen LogP contribution is 2.27. The lowest BCUT2D eigenvalue weighted by atomic mass is 9.96. The summed E-state index contributed by atoms with van der Waals surface area (Å²) in [5.74, 6) is 1.45. The van der Waals surface area contributed by atoms with Crippen LogP contribution in [0.25, 0.3) is 0 Å². The fourth-order valence-corrected chi connectivity index (χ4v) is 2.52. The fraction of sp³-hybridized carbons (Fsp3) is 0.375. The first kappa shape index (κ1) is 16.2. The number of hydrogen-bond donors (Lipinski definition) is 1. The molecule has 0 bridgehead atoms. The zero-order valence-corrected chi connectivity index (χ0v) is 15.0. The van der Waals surface area contributed by atoms with Gasteiger partial charge in [0.1, 0.15) is 16.8 Å². The molecule has 0 amide bonds. The third-order valence-corrected chi connectivity index (χ3v) is 3.76. The monoisotopic (exact) mass is 367 g/mol. The van der Waals surface area contributed by atoms with Gasteiger partial charge in [-0.2, -0.15) is 0 Å². The van der Waals surface area contributed by atoms with Gasteiger partial charge in [-0.3, -0.25) is 0 Å². The van der Waals surface area contributed by atoms with Gasteiger partial charge in [0.2, 0.25) is 0 Å². The molecule has 0 saturated carbocycles. The maximum atomic E-state index is 6.12. The van der Waals surface area contributed by atoms with Crippen LogP contribution < -0.4 is 5.32 Å². The van der Waals surface area contributed by atoms with Gasteiger partial charge in [0.15, 0.2) is 0 Å². The van der Waals surface area contributed by atoms with E-state index in [1.54, 1.807) is 6.07 Å². The molecule has 0 fully saturated rings. The second-order valence-corrected chi connectivity index (χ2v) is 7.23. The Labute approximate surface area is 139 Å². The summed E-state index contributed by atoms with van der Waals surface area (Å²) in [5.41, 5.74) is 2.11. The van der Waals surface area contributed by atoms with Crippen molar-refractivity contribution in [1.29, 1.82) is 0 Å². The second kappa shape index (κ2) is 6.32. The molecule has 0 unspecified atom stereocenters. The predicted octanol–water partition coefficient (Wildman–Crippen LogP) is 5.50. The average molecular weight is 369 g/mol. The van der Waals surface area contributed by atoms with Gasteiger partial charge in [0, 0.05) is 21.6 Å². The number of nitrogens with zero attached hydrogens (tertiary/aromatic N) is 2.